The summed E-state index contributed by atoms with van der Waals surface area (Å²) in [7, 11) is 0. The summed E-state index contributed by atoms with van der Waals surface area (Å²) in [6.45, 7) is 0. The van der Waals surface area contributed by atoms with Gasteiger partial charge >= 0.3 is 0 Å². The molecular formula is C14H12Cl2. The Labute approximate surface area is 109 Å². The molecule has 2 rings (SSSR count). The van der Waals surface area contributed by atoms with Crippen molar-refractivity contribution in [2.24, 2.45) is 0 Å². The Balaban J connectivity index is 0.00000112. The third-order valence-electron chi connectivity index (χ3n) is 1.90. The summed E-state index contributed by atoms with van der Waals surface area (Å²) in [6, 6.07) is 20.0. The van der Waals surface area contributed by atoms with Crippen molar-refractivity contribution in [2.45, 2.75) is 0 Å². The standard InChI is InChI=1S/C14H10.2ClH/c1-3-7-13(8-4-1)11-12-14-9-5-2-6-10-14;;/h1-10H;2*1H. The van der Waals surface area contributed by atoms with Gasteiger partial charge in [0.25, 0.3) is 0 Å². The highest BCUT2D eigenvalue weighted by Crippen LogP contribution is 1.98. The normalized spacial score (nSPS) is 7.75. The summed E-state index contributed by atoms with van der Waals surface area (Å²) in [6.07, 6.45) is 0. The van der Waals surface area contributed by atoms with Crippen molar-refractivity contribution in [3.8, 4) is 11.8 Å². The highest BCUT2D eigenvalue weighted by atomic mass is 35.5. The maximum atomic E-state index is 3.11. The van der Waals surface area contributed by atoms with Gasteiger partial charge in [0.15, 0.2) is 0 Å². The van der Waals surface area contributed by atoms with Crippen LogP contribution in [0.25, 0.3) is 0 Å². The van der Waals surface area contributed by atoms with Crippen LogP contribution in [0.5, 0.6) is 0 Å². The van der Waals surface area contributed by atoms with Gasteiger partial charge in [0.1, 0.15) is 0 Å². The fourth-order valence-corrected chi connectivity index (χ4v) is 1.19. The second kappa shape index (κ2) is 7.82. The van der Waals surface area contributed by atoms with E-state index in [1.807, 2.05) is 60.7 Å². The minimum atomic E-state index is 0. The first kappa shape index (κ1) is 14.6. The van der Waals surface area contributed by atoms with E-state index < -0.39 is 0 Å². The first-order chi connectivity index (χ1) is 6.95. The van der Waals surface area contributed by atoms with Gasteiger partial charge in [0.2, 0.25) is 0 Å². The topological polar surface area (TPSA) is 0 Å². The molecule has 0 fully saturated rings. The molecule has 0 unspecified atom stereocenters. The lowest BCUT2D eigenvalue weighted by Gasteiger charge is -1.88. The summed E-state index contributed by atoms with van der Waals surface area (Å²) < 4.78 is 0. The molecule has 0 amide bonds. The van der Waals surface area contributed by atoms with E-state index in [0.29, 0.717) is 0 Å². The number of halogens is 2. The SMILES string of the molecule is C(#Cc1ccccc1)c1ccccc1.Cl.Cl. The molecule has 0 saturated carbocycles. The van der Waals surface area contributed by atoms with Crippen molar-refractivity contribution >= 4 is 24.8 Å². The molecule has 0 spiro atoms. The zero-order valence-electron chi connectivity index (χ0n) is 8.59. The summed E-state index contributed by atoms with van der Waals surface area (Å²) in [5.41, 5.74) is 2.10. The van der Waals surface area contributed by atoms with Gasteiger partial charge in [-0.2, -0.15) is 0 Å². The molecule has 0 aliphatic rings. The molecule has 16 heavy (non-hydrogen) atoms. The lowest BCUT2D eigenvalue weighted by Crippen LogP contribution is -1.73. The van der Waals surface area contributed by atoms with Gasteiger partial charge in [0.05, 0.1) is 0 Å². The van der Waals surface area contributed by atoms with E-state index in [2.05, 4.69) is 11.8 Å². The summed E-state index contributed by atoms with van der Waals surface area (Å²) in [5, 5.41) is 0. The molecule has 2 aromatic rings. The van der Waals surface area contributed by atoms with Crippen molar-refractivity contribution in [3.63, 3.8) is 0 Å². The average molecular weight is 251 g/mol. The predicted octanol–water partition coefficient (Wildman–Crippen LogP) is 3.93. The quantitative estimate of drug-likeness (QED) is 0.622. The van der Waals surface area contributed by atoms with E-state index in [1.54, 1.807) is 0 Å². The van der Waals surface area contributed by atoms with E-state index in [9.17, 15) is 0 Å². The number of hydrogen-bond acceptors (Lipinski definition) is 0. The zero-order chi connectivity index (χ0) is 9.64. The van der Waals surface area contributed by atoms with E-state index in [4.69, 9.17) is 0 Å². The van der Waals surface area contributed by atoms with Gasteiger partial charge < -0.3 is 0 Å². The molecule has 0 atom stereocenters. The van der Waals surface area contributed by atoms with Crippen LogP contribution in [0.4, 0.5) is 0 Å². The molecule has 2 aromatic carbocycles. The van der Waals surface area contributed by atoms with Gasteiger partial charge in [-0.3, -0.25) is 0 Å². The predicted molar refractivity (Wildman–Crippen MR) is 73.4 cm³/mol. The van der Waals surface area contributed by atoms with Crippen LogP contribution in [0.3, 0.4) is 0 Å². The Morgan fingerprint density at radius 3 is 1.12 bits per heavy atom. The van der Waals surface area contributed by atoms with Gasteiger partial charge in [-0.15, -0.1) is 24.8 Å². The summed E-state index contributed by atoms with van der Waals surface area (Å²) in [5.74, 6) is 6.22. The monoisotopic (exact) mass is 250 g/mol. The first-order valence-electron chi connectivity index (χ1n) is 4.57. The third-order valence-corrected chi connectivity index (χ3v) is 1.90. The van der Waals surface area contributed by atoms with Crippen LogP contribution in [-0.2, 0) is 0 Å². The van der Waals surface area contributed by atoms with Gasteiger partial charge in [-0.1, -0.05) is 48.2 Å². The van der Waals surface area contributed by atoms with Crippen LogP contribution < -0.4 is 0 Å². The second-order valence-electron chi connectivity index (χ2n) is 2.98. The molecule has 0 aliphatic carbocycles. The van der Waals surface area contributed by atoms with Crippen LogP contribution in [0, 0.1) is 11.8 Å². The van der Waals surface area contributed by atoms with Crippen molar-refractivity contribution < 1.29 is 0 Å². The molecule has 0 heterocycles. The highest BCUT2D eigenvalue weighted by molar-refractivity contribution is 5.85. The minimum Gasteiger partial charge on any atom is -0.147 e. The van der Waals surface area contributed by atoms with E-state index >= 15 is 0 Å². The van der Waals surface area contributed by atoms with Crippen LogP contribution in [0.15, 0.2) is 60.7 Å². The second-order valence-corrected chi connectivity index (χ2v) is 2.98. The maximum absolute atomic E-state index is 3.11. The molecule has 0 saturated heterocycles. The molecule has 0 bridgehead atoms. The van der Waals surface area contributed by atoms with Crippen LogP contribution in [-0.4, -0.2) is 0 Å². The van der Waals surface area contributed by atoms with Crippen molar-refractivity contribution in [1.82, 2.24) is 0 Å². The zero-order valence-corrected chi connectivity index (χ0v) is 10.2. The largest absolute Gasteiger partial charge is 0.147 e. The lowest BCUT2D eigenvalue weighted by atomic mass is 10.2. The Bertz CT molecular complexity index is 409. The summed E-state index contributed by atoms with van der Waals surface area (Å²) in [4.78, 5) is 0. The number of hydrogen-bond donors (Lipinski definition) is 0. The maximum Gasteiger partial charge on any atom is 0.0249 e. The van der Waals surface area contributed by atoms with Gasteiger partial charge in [-0.25, -0.2) is 0 Å². The molecule has 0 aliphatic heterocycles. The Morgan fingerprint density at radius 1 is 0.500 bits per heavy atom. The van der Waals surface area contributed by atoms with Gasteiger partial charge in [0, 0.05) is 11.1 Å². The van der Waals surface area contributed by atoms with E-state index in [0.717, 1.165) is 11.1 Å². The Kier molecular flexibility index (Phi) is 7.12. The smallest absolute Gasteiger partial charge is 0.0249 e. The Hall–Kier alpha value is -1.42. The highest BCUT2D eigenvalue weighted by Gasteiger charge is 1.83. The van der Waals surface area contributed by atoms with Crippen LogP contribution in [0.1, 0.15) is 11.1 Å². The van der Waals surface area contributed by atoms with Gasteiger partial charge in [-0.05, 0) is 24.3 Å². The van der Waals surface area contributed by atoms with E-state index in [-0.39, 0.29) is 24.8 Å². The minimum absolute atomic E-state index is 0. The first-order valence-corrected chi connectivity index (χ1v) is 4.57. The van der Waals surface area contributed by atoms with Crippen LogP contribution >= 0.6 is 24.8 Å². The molecule has 0 N–H and O–H groups in total. The number of benzene rings is 2. The van der Waals surface area contributed by atoms with Crippen molar-refractivity contribution in [3.05, 3.63) is 71.8 Å². The van der Waals surface area contributed by atoms with Crippen molar-refractivity contribution in [2.75, 3.05) is 0 Å². The summed E-state index contributed by atoms with van der Waals surface area (Å²) >= 11 is 0. The molecule has 2 heteroatoms. The molecule has 0 radical (unpaired) electrons. The number of rotatable bonds is 0. The molecule has 0 aromatic heterocycles. The molecule has 0 nitrogen and oxygen atoms in total. The van der Waals surface area contributed by atoms with E-state index in [1.165, 1.54) is 0 Å². The van der Waals surface area contributed by atoms with Crippen molar-refractivity contribution in [1.29, 1.82) is 0 Å². The fourth-order valence-electron chi connectivity index (χ4n) is 1.19. The fraction of sp³-hybridized carbons (Fsp3) is 0. The molecular weight excluding hydrogens is 239 g/mol. The molecule has 82 valence electrons. The lowest BCUT2D eigenvalue weighted by molar-refractivity contribution is 1.62. The van der Waals surface area contributed by atoms with Crippen LogP contribution in [0.2, 0.25) is 0 Å². The Morgan fingerprint density at radius 2 is 0.812 bits per heavy atom. The third kappa shape index (κ3) is 4.40. The average Bonchev–Trinajstić information content (AvgIpc) is 2.29.